The van der Waals surface area contributed by atoms with Gasteiger partial charge in [0.05, 0.1) is 6.61 Å². The minimum atomic E-state index is -4.59. The van der Waals surface area contributed by atoms with Crippen molar-refractivity contribution in [3.8, 4) is 0 Å². The van der Waals surface area contributed by atoms with Gasteiger partial charge in [-0.3, -0.25) is 0 Å². The summed E-state index contributed by atoms with van der Waals surface area (Å²) < 4.78 is 40.4. The van der Waals surface area contributed by atoms with Crippen molar-refractivity contribution in [2.24, 2.45) is 0 Å². The van der Waals surface area contributed by atoms with E-state index < -0.39 is 18.4 Å². The van der Waals surface area contributed by atoms with Gasteiger partial charge in [0, 0.05) is 13.1 Å². The number of aliphatic hydroxyl groups is 1. The lowest BCUT2D eigenvalue weighted by atomic mass is 10.2. The molecule has 0 saturated carbocycles. The van der Waals surface area contributed by atoms with E-state index in [4.69, 9.17) is 9.84 Å². The van der Waals surface area contributed by atoms with Crippen molar-refractivity contribution < 1.29 is 23.0 Å². The average Bonchev–Trinajstić information content (AvgIpc) is 2.03. The van der Waals surface area contributed by atoms with Crippen LogP contribution >= 0.6 is 0 Å². The second-order valence-electron chi connectivity index (χ2n) is 2.60. The van der Waals surface area contributed by atoms with Gasteiger partial charge in [0.15, 0.2) is 6.10 Å². The fourth-order valence-electron chi connectivity index (χ4n) is 0.999. The first kappa shape index (κ1) is 9.76. The number of morpholine rings is 1. The first-order chi connectivity index (χ1) is 5.52. The predicted octanol–water partition coefficient (Wildman–Crippen LogP) is -0.102. The normalized spacial score (nSPS) is 28.5. The van der Waals surface area contributed by atoms with Crippen LogP contribution in [0, 0.1) is 0 Å². The number of rotatable bonds is 1. The smallest absolute Gasteiger partial charge is 0.381 e. The zero-order chi connectivity index (χ0) is 9.19. The maximum atomic E-state index is 11.9. The first-order valence-corrected chi connectivity index (χ1v) is 3.59. The molecular weight excluding hydrogens is 175 g/mol. The molecule has 0 aromatic heterocycles. The van der Waals surface area contributed by atoms with Gasteiger partial charge in [-0.25, -0.2) is 0 Å². The Kier molecular flexibility index (Phi) is 2.92. The standard InChI is InChI=1S/C6H10F3NO2/c7-6(8,9)5(11)4-3-10-1-2-12-4/h4-5,10-11H,1-3H2. The van der Waals surface area contributed by atoms with Gasteiger partial charge in [-0.1, -0.05) is 0 Å². The van der Waals surface area contributed by atoms with Gasteiger partial charge in [-0.2, -0.15) is 13.2 Å². The Hall–Kier alpha value is -0.330. The van der Waals surface area contributed by atoms with Crippen LogP contribution in [0.2, 0.25) is 0 Å². The third kappa shape index (κ3) is 2.33. The lowest BCUT2D eigenvalue weighted by molar-refractivity contribution is -0.238. The highest BCUT2D eigenvalue weighted by Gasteiger charge is 2.44. The highest BCUT2D eigenvalue weighted by atomic mass is 19.4. The number of ether oxygens (including phenoxy) is 1. The fraction of sp³-hybridized carbons (Fsp3) is 1.00. The molecule has 2 unspecified atom stereocenters. The van der Waals surface area contributed by atoms with E-state index in [-0.39, 0.29) is 13.2 Å². The largest absolute Gasteiger partial charge is 0.416 e. The molecule has 0 spiro atoms. The van der Waals surface area contributed by atoms with Crippen LogP contribution in [-0.2, 0) is 4.74 Å². The quantitative estimate of drug-likeness (QED) is 0.599. The highest BCUT2D eigenvalue weighted by Crippen LogP contribution is 2.24. The van der Waals surface area contributed by atoms with Crippen molar-refractivity contribution in [3.05, 3.63) is 0 Å². The molecular formula is C6H10F3NO2. The molecule has 6 heteroatoms. The Bertz CT molecular complexity index is 144. The summed E-state index contributed by atoms with van der Waals surface area (Å²) in [6, 6.07) is 0. The number of hydrogen-bond donors (Lipinski definition) is 2. The molecule has 0 bridgehead atoms. The summed E-state index contributed by atoms with van der Waals surface area (Å²) in [5.41, 5.74) is 0. The van der Waals surface area contributed by atoms with E-state index in [1.165, 1.54) is 0 Å². The van der Waals surface area contributed by atoms with Gasteiger partial charge >= 0.3 is 6.18 Å². The van der Waals surface area contributed by atoms with E-state index in [1.807, 2.05) is 0 Å². The van der Waals surface area contributed by atoms with Crippen LogP contribution in [-0.4, -0.2) is 43.2 Å². The van der Waals surface area contributed by atoms with Gasteiger partial charge in [0.2, 0.25) is 0 Å². The third-order valence-corrected chi connectivity index (χ3v) is 1.64. The van der Waals surface area contributed by atoms with E-state index in [2.05, 4.69) is 5.32 Å². The summed E-state index contributed by atoms with van der Waals surface area (Å²) in [5.74, 6) is 0. The molecule has 0 aliphatic carbocycles. The van der Waals surface area contributed by atoms with Gasteiger partial charge in [-0.05, 0) is 0 Å². The molecule has 1 saturated heterocycles. The van der Waals surface area contributed by atoms with Crippen LogP contribution in [0.1, 0.15) is 0 Å². The minimum Gasteiger partial charge on any atom is -0.381 e. The van der Waals surface area contributed by atoms with Gasteiger partial charge < -0.3 is 15.2 Å². The Labute approximate surface area is 67.5 Å². The van der Waals surface area contributed by atoms with Crippen LogP contribution in [0.3, 0.4) is 0 Å². The second kappa shape index (κ2) is 3.59. The zero-order valence-corrected chi connectivity index (χ0v) is 6.27. The summed E-state index contributed by atoms with van der Waals surface area (Å²) in [4.78, 5) is 0. The summed E-state index contributed by atoms with van der Waals surface area (Å²) >= 11 is 0. The topological polar surface area (TPSA) is 41.5 Å². The van der Waals surface area contributed by atoms with Gasteiger partial charge in [0.1, 0.15) is 6.10 Å². The van der Waals surface area contributed by atoms with E-state index >= 15 is 0 Å². The second-order valence-corrected chi connectivity index (χ2v) is 2.60. The molecule has 2 N–H and O–H groups in total. The van der Waals surface area contributed by atoms with Crippen LogP contribution in [0.25, 0.3) is 0 Å². The molecule has 0 aromatic rings. The zero-order valence-electron chi connectivity index (χ0n) is 6.27. The number of nitrogens with one attached hydrogen (secondary N) is 1. The Morgan fingerprint density at radius 2 is 2.17 bits per heavy atom. The van der Waals surface area contributed by atoms with E-state index in [0.717, 1.165) is 0 Å². The van der Waals surface area contributed by atoms with Crippen LogP contribution < -0.4 is 5.32 Å². The molecule has 0 amide bonds. The molecule has 0 aromatic carbocycles. The van der Waals surface area contributed by atoms with E-state index in [9.17, 15) is 13.2 Å². The number of alkyl halides is 3. The molecule has 1 heterocycles. The van der Waals surface area contributed by atoms with E-state index in [0.29, 0.717) is 6.54 Å². The number of aliphatic hydroxyl groups excluding tert-OH is 1. The summed E-state index contributed by atoms with van der Waals surface area (Å²) in [7, 11) is 0. The minimum absolute atomic E-state index is 0.0423. The van der Waals surface area contributed by atoms with E-state index in [1.54, 1.807) is 0 Å². The summed E-state index contributed by atoms with van der Waals surface area (Å²) in [6.45, 7) is 0.777. The lowest BCUT2D eigenvalue weighted by Gasteiger charge is -2.28. The van der Waals surface area contributed by atoms with Crippen molar-refractivity contribution in [3.63, 3.8) is 0 Å². The van der Waals surface area contributed by atoms with Crippen molar-refractivity contribution >= 4 is 0 Å². The summed E-state index contributed by atoms with van der Waals surface area (Å²) in [6.07, 6.45) is -8.15. The van der Waals surface area contributed by atoms with Gasteiger partial charge in [0.25, 0.3) is 0 Å². The van der Waals surface area contributed by atoms with Crippen LogP contribution in [0.4, 0.5) is 13.2 Å². The first-order valence-electron chi connectivity index (χ1n) is 3.59. The maximum absolute atomic E-state index is 11.9. The van der Waals surface area contributed by atoms with Crippen molar-refractivity contribution in [2.45, 2.75) is 18.4 Å². The number of hydrogen-bond acceptors (Lipinski definition) is 3. The molecule has 0 radical (unpaired) electrons. The SMILES string of the molecule is OC(C1CNCCO1)C(F)(F)F. The Morgan fingerprint density at radius 1 is 1.50 bits per heavy atom. The van der Waals surface area contributed by atoms with Crippen LogP contribution in [0.5, 0.6) is 0 Å². The molecule has 72 valence electrons. The molecule has 1 rings (SSSR count). The molecule has 12 heavy (non-hydrogen) atoms. The average molecular weight is 185 g/mol. The molecule has 2 atom stereocenters. The van der Waals surface area contributed by atoms with Crippen LogP contribution in [0.15, 0.2) is 0 Å². The van der Waals surface area contributed by atoms with Gasteiger partial charge in [-0.15, -0.1) is 0 Å². The molecule has 1 aliphatic heterocycles. The fourth-order valence-corrected chi connectivity index (χ4v) is 0.999. The Balaban J connectivity index is 2.45. The summed E-state index contributed by atoms with van der Waals surface area (Å²) in [5, 5.41) is 11.4. The molecule has 3 nitrogen and oxygen atoms in total. The molecule has 1 fully saturated rings. The lowest BCUT2D eigenvalue weighted by Crippen LogP contribution is -2.50. The highest BCUT2D eigenvalue weighted by molar-refractivity contribution is 4.80. The number of halogens is 3. The van der Waals surface area contributed by atoms with Crippen molar-refractivity contribution in [1.82, 2.24) is 5.32 Å². The third-order valence-electron chi connectivity index (χ3n) is 1.64. The predicted molar refractivity (Wildman–Crippen MR) is 34.7 cm³/mol. The van der Waals surface area contributed by atoms with Crippen molar-refractivity contribution in [1.29, 1.82) is 0 Å². The monoisotopic (exact) mass is 185 g/mol. The molecule has 1 aliphatic rings. The maximum Gasteiger partial charge on any atom is 0.416 e. The Morgan fingerprint density at radius 3 is 2.58 bits per heavy atom. The van der Waals surface area contributed by atoms with Crippen molar-refractivity contribution in [2.75, 3.05) is 19.7 Å².